The average Bonchev–Trinajstić information content (AvgIpc) is 2.87. The van der Waals surface area contributed by atoms with Crippen molar-refractivity contribution in [1.82, 2.24) is 0 Å². The highest BCUT2D eigenvalue weighted by Crippen LogP contribution is 2.37. The van der Waals surface area contributed by atoms with Crippen LogP contribution in [0.1, 0.15) is 11.6 Å². The number of benzene rings is 1. The Morgan fingerprint density at radius 1 is 1.33 bits per heavy atom. The van der Waals surface area contributed by atoms with Crippen LogP contribution in [0, 0.1) is 0 Å². The van der Waals surface area contributed by atoms with Gasteiger partial charge in [-0.3, -0.25) is 0 Å². The number of fused-ring (bicyclic) bond motifs is 1. The number of ether oxygens (including phenoxy) is 1. The highest BCUT2D eigenvalue weighted by molar-refractivity contribution is 5.71. The van der Waals surface area contributed by atoms with Crippen LogP contribution in [0.5, 0.6) is 5.75 Å². The molecule has 1 aliphatic rings. The molecule has 0 amide bonds. The van der Waals surface area contributed by atoms with E-state index in [-0.39, 0.29) is 6.04 Å². The van der Waals surface area contributed by atoms with Gasteiger partial charge in [0.1, 0.15) is 18.3 Å². The molecule has 0 radical (unpaired) electrons. The van der Waals surface area contributed by atoms with Crippen molar-refractivity contribution in [2.24, 2.45) is 0 Å². The molecule has 0 spiro atoms. The summed E-state index contributed by atoms with van der Waals surface area (Å²) >= 11 is 0. The van der Waals surface area contributed by atoms with E-state index in [1.165, 1.54) is 5.56 Å². The summed E-state index contributed by atoms with van der Waals surface area (Å²) in [4.78, 5) is 2.19. The third kappa shape index (κ3) is 1.70. The van der Waals surface area contributed by atoms with Gasteiger partial charge in [0.15, 0.2) is 0 Å². The molecular formula is C14H16N2O2. The van der Waals surface area contributed by atoms with E-state index in [1.807, 2.05) is 18.2 Å². The summed E-state index contributed by atoms with van der Waals surface area (Å²) in [6, 6.07) is 8.30. The SMILES string of the molecule is COc1ccccc1C1CN(C)c2cocc2N1. The van der Waals surface area contributed by atoms with Crippen molar-refractivity contribution in [3.8, 4) is 5.75 Å². The fourth-order valence-electron chi connectivity index (χ4n) is 2.43. The second-order valence-electron chi connectivity index (χ2n) is 4.49. The van der Waals surface area contributed by atoms with Crippen molar-refractivity contribution in [3.05, 3.63) is 42.4 Å². The normalized spacial score (nSPS) is 18.1. The van der Waals surface area contributed by atoms with Gasteiger partial charge in [-0.2, -0.15) is 0 Å². The largest absolute Gasteiger partial charge is 0.496 e. The number of hydrogen-bond acceptors (Lipinski definition) is 4. The topological polar surface area (TPSA) is 37.6 Å². The second-order valence-corrected chi connectivity index (χ2v) is 4.49. The molecule has 18 heavy (non-hydrogen) atoms. The fourth-order valence-corrected chi connectivity index (χ4v) is 2.43. The molecule has 1 atom stereocenters. The Balaban J connectivity index is 1.95. The van der Waals surface area contributed by atoms with Crippen molar-refractivity contribution in [1.29, 1.82) is 0 Å². The molecule has 1 unspecified atom stereocenters. The highest BCUT2D eigenvalue weighted by Gasteiger charge is 2.25. The van der Waals surface area contributed by atoms with Crippen molar-refractivity contribution in [3.63, 3.8) is 0 Å². The lowest BCUT2D eigenvalue weighted by atomic mass is 10.0. The number of rotatable bonds is 2. The number of furan rings is 1. The zero-order valence-corrected chi connectivity index (χ0v) is 10.5. The van der Waals surface area contributed by atoms with Crippen LogP contribution in [0.25, 0.3) is 0 Å². The number of likely N-dealkylation sites (N-methyl/N-ethyl adjacent to an activating group) is 1. The van der Waals surface area contributed by atoms with Crippen molar-refractivity contribution in [2.75, 3.05) is 30.9 Å². The monoisotopic (exact) mass is 244 g/mol. The maximum atomic E-state index is 5.42. The van der Waals surface area contributed by atoms with Gasteiger partial charge in [-0.1, -0.05) is 18.2 Å². The summed E-state index contributed by atoms with van der Waals surface area (Å²) in [6.45, 7) is 0.882. The zero-order valence-electron chi connectivity index (χ0n) is 10.5. The van der Waals surface area contributed by atoms with Crippen LogP contribution in [-0.2, 0) is 0 Å². The molecule has 0 fully saturated rings. The summed E-state index contributed by atoms with van der Waals surface area (Å²) < 4.78 is 10.7. The Labute approximate surface area is 106 Å². The van der Waals surface area contributed by atoms with E-state index >= 15 is 0 Å². The van der Waals surface area contributed by atoms with Crippen LogP contribution in [0.2, 0.25) is 0 Å². The molecule has 4 heteroatoms. The highest BCUT2D eigenvalue weighted by atomic mass is 16.5. The zero-order chi connectivity index (χ0) is 12.5. The third-order valence-corrected chi connectivity index (χ3v) is 3.35. The van der Waals surface area contributed by atoms with Gasteiger partial charge in [-0.25, -0.2) is 0 Å². The van der Waals surface area contributed by atoms with Gasteiger partial charge >= 0.3 is 0 Å². The number of hydrogen-bond donors (Lipinski definition) is 1. The molecule has 2 heterocycles. The van der Waals surface area contributed by atoms with Gasteiger partial charge in [-0.05, 0) is 6.07 Å². The fraction of sp³-hybridized carbons (Fsp3) is 0.286. The van der Waals surface area contributed by atoms with Crippen molar-refractivity contribution in [2.45, 2.75) is 6.04 Å². The molecule has 0 saturated carbocycles. The first-order chi connectivity index (χ1) is 8.79. The number of para-hydroxylation sites is 1. The van der Waals surface area contributed by atoms with E-state index in [1.54, 1.807) is 19.6 Å². The van der Waals surface area contributed by atoms with Crippen molar-refractivity contribution >= 4 is 11.4 Å². The first kappa shape index (κ1) is 11.0. The number of nitrogens with one attached hydrogen (secondary N) is 1. The first-order valence-electron chi connectivity index (χ1n) is 5.96. The Morgan fingerprint density at radius 3 is 3.00 bits per heavy atom. The summed E-state index contributed by atoms with van der Waals surface area (Å²) in [7, 11) is 3.77. The molecule has 94 valence electrons. The third-order valence-electron chi connectivity index (χ3n) is 3.35. The summed E-state index contributed by atoms with van der Waals surface area (Å²) in [5.74, 6) is 0.912. The van der Waals surface area contributed by atoms with E-state index in [2.05, 4.69) is 23.3 Å². The molecule has 1 aliphatic heterocycles. The molecule has 1 aromatic heterocycles. The number of nitrogens with zero attached hydrogens (tertiary/aromatic N) is 1. The standard InChI is InChI=1S/C14H16N2O2/c1-16-7-11(15-12-8-18-9-13(12)16)10-5-3-4-6-14(10)17-2/h3-6,8-9,11,15H,7H2,1-2H3. The van der Waals surface area contributed by atoms with E-state index < -0.39 is 0 Å². The van der Waals surface area contributed by atoms with E-state index in [4.69, 9.17) is 9.15 Å². The predicted octanol–water partition coefficient (Wildman–Crippen LogP) is 2.89. The van der Waals surface area contributed by atoms with E-state index in [0.29, 0.717) is 0 Å². The molecule has 2 aromatic rings. The minimum absolute atomic E-state index is 0.205. The van der Waals surface area contributed by atoms with Crippen LogP contribution in [0.4, 0.5) is 11.4 Å². The van der Waals surface area contributed by atoms with Crippen LogP contribution >= 0.6 is 0 Å². The van der Waals surface area contributed by atoms with Crippen molar-refractivity contribution < 1.29 is 9.15 Å². The Hall–Kier alpha value is -2.10. The summed E-state index contributed by atoms with van der Waals surface area (Å²) in [5, 5.41) is 3.48. The molecule has 4 nitrogen and oxygen atoms in total. The quantitative estimate of drug-likeness (QED) is 0.881. The van der Waals surface area contributed by atoms with Crippen LogP contribution in [-0.4, -0.2) is 20.7 Å². The van der Waals surface area contributed by atoms with E-state index in [9.17, 15) is 0 Å². The van der Waals surface area contributed by atoms with Crippen LogP contribution in [0.15, 0.2) is 41.2 Å². The van der Waals surface area contributed by atoms with Crippen LogP contribution < -0.4 is 15.0 Å². The van der Waals surface area contributed by atoms with Gasteiger partial charge in [0.05, 0.1) is 24.5 Å². The van der Waals surface area contributed by atoms with Gasteiger partial charge in [-0.15, -0.1) is 0 Å². The Morgan fingerprint density at radius 2 is 2.17 bits per heavy atom. The second kappa shape index (κ2) is 4.29. The molecule has 1 N–H and O–H groups in total. The molecule has 3 rings (SSSR count). The lowest BCUT2D eigenvalue weighted by molar-refractivity contribution is 0.406. The van der Waals surface area contributed by atoms with Gasteiger partial charge < -0.3 is 19.4 Å². The lowest BCUT2D eigenvalue weighted by Crippen LogP contribution is -2.33. The summed E-state index contributed by atoms with van der Waals surface area (Å²) in [6.07, 6.45) is 3.51. The molecule has 0 aliphatic carbocycles. The van der Waals surface area contributed by atoms with E-state index in [0.717, 1.165) is 23.7 Å². The molecule has 1 aromatic carbocycles. The first-order valence-corrected chi connectivity index (χ1v) is 5.96. The number of anilines is 2. The summed E-state index contributed by atoms with van der Waals surface area (Å²) in [5.41, 5.74) is 3.29. The van der Waals surface area contributed by atoms with Gasteiger partial charge in [0.25, 0.3) is 0 Å². The Bertz CT molecular complexity index is 550. The number of methoxy groups -OCH3 is 1. The molecule has 0 saturated heterocycles. The molecular weight excluding hydrogens is 228 g/mol. The maximum Gasteiger partial charge on any atom is 0.124 e. The Kier molecular flexibility index (Phi) is 2.63. The minimum Gasteiger partial charge on any atom is -0.496 e. The van der Waals surface area contributed by atoms with Gasteiger partial charge in [0.2, 0.25) is 0 Å². The predicted molar refractivity (Wildman–Crippen MR) is 71.3 cm³/mol. The minimum atomic E-state index is 0.205. The maximum absolute atomic E-state index is 5.42. The smallest absolute Gasteiger partial charge is 0.124 e. The lowest BCUT2D eigenvalue weighted by Gasteiger charge is -2.33. The molecule has 0 bridgehead atoms. The average molecular weight is 244 g/mol. The van der Waals surface area contributed by atoms with Gasteiger partial charge in [0, 0.05) is 19.2 Å². The van der Waals surface area contributed by atoms with Crippen LogP contribution in [0.3, 0.4) is 0 Å².